The molecule has 0 saturated carbocycles. The number of carbonyl (C=O) groups excluding carboxylic acids is 1. The van der Waals surface area contributed by atoms with Gasteiger partial charge in [0, 0.05) is 19.2 Å². The minimum atomic E-state index is 0.136. The van der Waals surface area contributed by atoms with Crippen molar-refractivity contribution < 1.29 is 9.21 Å². The first-order valence-electron chi connectivity index (χ1n) is 7.95. The van der Waals surface area contributed by atoms with Crippen LogP contribution in [-0.4, -0.2) is 17.4 Å². The average Bonchev–Trinajstić information content (AvgIpc) is 2.93. The van der Waals surface area contributed by atoms with Gasteiger partial charge in [-0.25, -0.2) is 4.98 Å². The number of para-hydroxylation sites is 1. The van der Waals surface area contributed by atoms with Gasteiger partial charge in [0.25, 0.3) is 0 Å². The molecule has 1 aliphatic rings. The second-order valence-electron chi connectivity index (χ2n) is 5.99. The molecule has 0 atom stereocenters. The van der Waals surface area contributed by atoms with Gasteiger partial charge in [-0.3, -0.25) is 4.79 Å². The maximum absolute atomic E-state index is 12.8. The van der Waals surface area contributed by atoms with E-state index in [-0.39, 0.29) is 5.91 Å². The minimum Gasteiger partial charge on any atom is -0.441 e. The number of carbonyl (C=O) groups is 1. The zero-order chi connectivity index (χ0) is 15.8. The number of fused-ring (bicyclic) bond motifs is 2. The Morgan fingerprint density at radius 1 is 1.26 bits per heavy atom. The lowest BCUT2D eigenvalue weighted by Gasteiger charge is -2.29. The molecule has 0 bridgehead atoms. The highest BCUT2D eigenvalue weighted by atomic mass is 16.3. The van der Waals surface area contributed by atoms with Gasteiger partial charge in [-0.1, -0.05) is 24.3 Å². The van der Waals surface area contributed by atoms with E-state index in [1.807, 2.05) is 48.2 Å². The molecular formula is C19H18N2O2. The molecule has 2 aromatic carbocycles. The lowest BCUT2D eigenvalue weighted by molar-refractivity contribution is -0.118. The van der Waals surface area contributed by atoms with Gasteiger partial charge in [-0.15, -0.1) is 0 Å². The Bertz CT molecular complexity index is 882. The standard InChI is InChI=1S/C19H18N2O2/c1-13-20-16-11-14(8-9-18(16)23-13)12-19(22)21-10-4-6-15-5-2-3-7-17(15)21/h2-3,5,7-9,11H,4,6,10,12H2,1H3. The van der Waals surface area contributed by atoms with E-state index in [9.17, 15) is 4.79 Å². The van der Waals surface area contributed by atoms with E-state index in [1.165, 1.54) is 5.56 Å². The molecule has 1 amide bonds. The van der Waals surface area contributed by atoms with Crippen LogP contribution in [0, 0.1) is 6.92 Å². The van der Waals surface area contributed by atoms with E-state index in [2.05, 4.69) is 11.1 Å². The molecule has 0 spiro atoms. The number of oxazole rings is 1. The van der Waals surface area contributed by atoms with Crippen molar-refractivity contribution in [1.29, 1.82) is 0 Å². The molecule has 0 N–H and O–H groups in total. The fraction of sp³-hybridized carbons (Fsp3) is 0.263. The van der Waals surface area contributed by atoms with Gasteiger partial charge < -0.3 is 9.32 Å². The van der Waals surface area contributed by atoms with Crippen molar-refractivity contribution in [3.63, 3.8) is 0 Å². The van der Waals surface area contributed by atoms with Crippen LogP contribution in [0.25, 0.3) is 11.1 Å². The summed E-state index contributed by atoms with van der Waals surface area (Å²) in [5, 5.41) is 0. The number of hydrogen-bond donors (Lipinski definition) is 0. The van der Waals surface area contributed by atoms with Crippen LogP contribution >= 0.6 is 0 Å². The van der Waals surface area contributed by atoms with Crippen LogP contribution in [0.5, 0.6) is 0 Å². The monoisotopic (exact) mass is 306 g/mol. The predicted molar refractivity (Wildman–Crippen MR) is 89.6 cm³/mol. The van der Waals surface area contributed by atoms with Crippen molar-refractivity contribution in [2.75, 3.05) is 11.4 Å². The van der Waals surface area contributed by atoms with Gasteiger partial charge in [0.05, 0.1) is 6.42 Å². The lowest BCUT2D eigenvalue weighted by atomic mass is 10.0. The Kier molecular flexibility index (Phi) is 3.37. The number of hydrogen-bond acceptors (Lipinski definition) is 3. The fourth-order valence-electron chi connectivity index (χ4n) is 3.26. The first-order chi connectivity index (χ1) is 11.2. The summed E-state index contributed by atoms with van der Waals surface area (Å²) in [6.07, 6.45) is 2.45. The van der Waals surface area contributed by atoms with Crippen molar-refractivity contribution in [2.24, 2.45) is 0 Å². The molecule has 23 heavy (non-hydrogen) atoms. The molecule has 0 unspecified atom stereocenters. The van der Waals surface area contributed by atoms with E-state index in [4.69, 9.17) is 4.42 Å². The summed E-state index contributed by atoms with van der Waals surface area (Å²) in [7, 11) is 0. The topological polar surface area (TPSA) is 46.3 Å². The molecule has 4 heteroatoms. The quantitative estimate of drug-likeness (QED) is 0.726. The summed E-state index contributed by atoms with van der Waals surface area (Å²) in [4.78, 5) is 19.0. The highest BCUT2D eigenvalue weighted by Crippen LogP contribution is 2.27. The third-order valence-electron chi connectivity index (χ3n) is 4.33. The van der Waals surface area contributed by atoms with E-state index in [0.29, 0.717) is 12.3 Å². The van der Waals surface area contributed by atoms with Crippen LogP contribution in [0.4, 0.5) is 5.69 Å². The van der Waals surface area contributed by atoms with Crippen molar-refractivity contribution in [2.45, 2.75) is 26.2 Å². The molecular weight excluding hydrogens is 288 g/mol. The Labute approximate surface area is 134 Å². The molecule has 0 saturated heterocycles. The van der Waals surface area contributed by atoms with Crippen molar-refractivity contribution >= 4 is 22.7 Å². The smallest absolute Gasteiger partial charge is 0.231 e. The largest absolute Gasteiger partial charge is 0.441 e. The third-order valence-corrected chi connectivity index (χ3v) is 4.33. The molecule has 1 aromatic heterocycles. The fourth-order valence-corrected chi connectivity index (χ4v) is 3.26. The molecule has 0 fully saturated rings. The number of rotatable bonds is 2. The van der Waals surface area contributed by atoms with Crippen molar-refractivity contribution in [1.82, 2.24) is 4.98 Å². The van der Waals surface area contributed by atoms with Gasteiger partial charge in [0.15, 0.2) is 11.5 Å². The molecule has 0 radical (unpaired) electrons. The molecule has 4 nitrogen and oxygen atoms in total. The number of amides is 1. The highest BCUT2D eigenvalue weighted by Gasteiger charge is 2.22. The van der Waals surface area contributed by atoms with Crippen LogP contribution in [0.15, 0.2) is 46.9 Å². The molecule has 3 aromatic rings. The molecule has 2 heterocycles. The van der Waals surface area contributed by atoms with E-state index in [1.54, 1.807) is 0 Å². The molecule has 4 rings (SSSR count). The van der Waals surface area contributed by atoms with E-state index >= 15 is 0 Å². The second-order valence-corrected chi connectivity index (χ2v) is 5.99. The number of aryl methyl sites for hydroxylation is 2. The summed E-state index contributed by atoms with van der Waals surface area (Å²) >= 11 is 0. The summed E-state index contributed by atoms with van der Waals surface area (Å²) in [5.74, 6) is 0.783. The maximum Gasteiger partial charge on any atom is 0.231 e. The minimum absolute atomic E-state index is 0.136. The van der Waals surface area contributed by atoms with Crippen LogP contribution in [0.3, 0.4) is 0 Å². The summed E-state index contributed by atoms with van der Waals surface area (Å²) in [6.45, 7) is 2.62. The van der Waals surface area contributed by atoms with Gasteiger partial charge in [0.1, 0.15) is 5.52 Å². The maximum atomic E-state index is 12.8. The summed E-state index contributed by atoms with van der Waals surface area (Å²) in [5.41, 5.74) is 4.87. The van der Waals surface area contributed by atoms with Crippen molar-refractivity contribution in [3.8, 4) is 0 Å². The van der Waals surface area contributed by atoms with Crippen LogP contribution in [-0.2, 0) is 17.6 Å². The van der Waals surface area contributed by atoms with Gasteiger partial charge >= 0.3 is 0 Å². The Balaban J connectivity index is 1.60. The zero-order valence-electron chi connectivity index (χ0n) is 13.1. The van der Waals surface area contributed by atoms with E-state index in [0.717, 1.165) is 41.7 Å². The lowest BCUT2D eigenvalue weighted by Crippen LogP contribution is -2.36. The Morgan fingerprint density at radius 3 is 3.04 bits per heavy atom. The van der Waals surface area contributed by atoms with Crippen LogP contribution in [0.2, 0.25) is 0 Å². The van der Waals surface area contributed by atoms with Crippen molar-refractivity contribution in [3.05, 3.63) is 59.5 Å². The third kappa shape index (κ3) is 2.61. The van der Waals surface area contributed by atoms with E-state index < -0.39 is 0 Å². The predicted octanol–water partition coefficient (Wildman–Crippen LogP) is 3.66. The zero-order valence-corrected chi connectivity index (χ0v) is 13.1. The summed E-state index contributed by atoms with van der Waals surface area (Å²) < 4.78 is 5.48. The Morgan fingerprint density at radius 2 is 2.13 bits per heavy atom. The number of benzene rings is 2. The summed E-state index contributed by atoms with van der Waals surface area (Å²) in [6, 6.07) is 14.0. The van der Waals surface area contributed by atoms with Gasteiger partial charge in [-0.05, 0) is 42.2 Å². The van der Waals surface area contributed by atoms with Crippen LogP contribution in [0.1, 0.15) is 23.4 Å². The van der Waals surface area contributed by atoms with Crippen LogP contribution < -0.4 is 4.90 Å². The highest BCUT2D eigenvalue weighted by molar-refractivity contribution is 5.96. The molecule has 116 valence electrons. The number of nitrogens with zero attached hydrogens (tertiary/aromatic N) is 2. The molecule has 0 aliphatic carbocycles. The normalized spacial score (nSPS) is 14.0. The first kappa shape index (κ1) is 14.0. The Hall–Kier alpha value is -2.62. The second kappa shape index (κ2) is 5.54. The van der Waals surface area contributed by atoms with Gasteiger partial charge in [-0.2, -0.15) is 0 Å². The molecule has 1 aliphatic heterocycles. The number of anilines is 1. The number of aromatic nitrogens is 1. The van der Waals surface area contributed by atoms with Gasteiger partial charge in [0.2, 0.25) is 5.91 Å². The average molecular weight is 306 g/mol. The SMILES string of the molecule is Cc1nc2cc(CC(=O)N3CCCc4ccccc43)ccc2o1. The first-order valence-corrected chi connectivity index (χ1v) is 7.95.